The molecule has 1 aliphatic rings. The summed E-state index contributed by atoms with van der Waals surface area (Å²) in [5, 5.41) is 1.13. The SMILES string of the molecule is Cc1ccc(-c2nc(C3(N)CCCCC3)sc2C)cc1. The van der Waals surface area contributed by atoms with E-state index < -0.39 is 0 Å². The van der Waals surface area contributed by atoms with Crippen molar-refractivity contribution in [2.75, 3.05) is 0 Å². The molecule has 1 aromatic carbocycles. The lowest BCUT2D eigenvalue weighted by molar-refractivity contribution is 0.301. The van der Waals surface area contributed by atoms with Crippen molar-refractivity contribution in [2.45, 2.75) is 51.5 Å². The Hall–Kier alpha value is -1.19. The minimum absolute atomic E-state index is 0.184. The van der Waals surface area contributed by atoms with E-state index in [2.05, 4.69) is 38.1 Å². The Morgan fingerprint density at radius 1 is 1.05 bits per heavy atom. The summed E-state index contributed by atoms with van der Waals surface area (Å²) in [5.41, 5.74) is 10.0. The maximum Gasteiger partial charge on any atom is 0.113 e. The van der Waals surface area contributed by atoms with Crippen LogP contribution in [0, 0.1) is 13.8 Å². The molecule has 1 aliphatic carbocycles. The second kappa shape index (κ2) is 5.30. The van der Waals surface area contributed by atoms with Gasteiger partial charge in [-0.3, -0.25) is 0 Å². The topological polar surface area (TPSA) is 38.9 Å². The number of rotatable bonds is 2. The first-order valence-corrected chi connectivity index (χ1v) is 8.24. The van der Waals surface area contributed by atoms with E-state index in [1.54, 1.807) is 11.3 Å². The van der Waals surface area contributed by atoms with Gasteiger partial charge in [0.15, 0.2) is 0 Å². The number of nitrogens with zero attached hydrogens (tertiary/aromatic N) is 1. The van der Waals surface area contributed by atoms with Crippen molar-refractivity contribution in [1.29, 1.82) is 0 Å². The van der Waals surface area contributed by atoms with Gasteiger partial charge in [0.05, 0.1) is 11.2 Å². The third-order valence-electron chi connectivity index (χ3n) is 4.29. The molecule has 20 heavy (non-hydrogen) atoms. The van der Waals surface area contributed by atoms with E-state index in [0.717, 1.165) is 23.5 Å². The Kier molecular flexibility index (Phi) is 3.65. The molecule has 0 spiro atoms. The van der Waals surface area contributed by atoms with E-state index in [1.165, 1.54) is 35.3 Å². The predicted octanol–water partition coefficient (Wildman–Crippen LogP) is 4.55. The Morgan fingerprint density at radius 3 is 2.35 bits per heavy atom. The average Bonchev–Trinajstić information content (AvgIpc) is 2.83. The highest BCUT2D eigenvalue weighted by Gasteiger charge is 2.33. The fraction of sp³-hybridized carbons (Fsp3) is 0.471. The molecule has 1 heterocycles. The van der Waals surface area contributed by atoms with Gasteiger partial charge in [-0.05, 0) is 26.7 Å². The number of aryl methyl sites for hydroxylation is 2. The van der Waals surface area contributed by atoms with Crippen LogP contribution in [0.15, 0.2) is 24.3 Å². The van der Waals surface area contributed by atoms with Crippen LogP contribution in [-0.2, 0) is 5.54 Å². The van der Waals surface area contributed by atoms with Crippen molar-refractivity contribution < 1.29 is 0 Å². The average molecular weight is 286 g/mol. The van der Waals surface area contributed by atoms with Crippen molar-refractivity contribution in [1.82, 2.24) is 4.98 Å². The second-order valence-corrected chi connectivity index (χ2v) is 7.21. The number of nitrogens with two attached hydrogens (primary N) is 1. The van der Waals surface area contributed by atoms with Gasteiger partial charge in [-0.2, -0.15) is 0 Å². The quantitative estimate of drug-likeness (QED) is 0.880. The zero-order valence-electron chi connectivity index (χ0n) is 12.3. The van der Waals surface area contributed by atoms with Gasteiger partial charge in [0.1, 0.15) is 5.01 Å². The first-order chi connectivity index (χ1) is 9.58. The smallest absolute Gasteiger partial charge is 0.113 e. The van der Waals surface area contributed by atoms with Gasteiger partial charge in [0, 0.05) is 10.4 Å². The van der Waals surface area contributed by atoms with Gasteiger partial charge in [0.25, 0.3) is 0 Å². The molecule has 0 unspecified atom stereocenters. The fourth-order valence-corrected chi connectivity index (χ4v) is 4.08. The van der Waals surface area contributed by atoms with E-state index in [9.17, 15) is 0 Å². The van der Waals surface area contributed by atoms with Crippen molar-refractivity contribution in [3.05, 3.63) is 39.7 Å². The number of benzene rings is 1. The van der Waals surface area contributed by atoms with E-state index in [4.69, 9.17) is 10.7 Å². The van der Waals surface area contributed by atoms with Gasteiger partial charge >= 0.3 is 0 Å². The first-order valence-electron chi connectivity index (χ1n) is 7.42. The summed E-state index contributed by atoms with van der Waals surface area (Å²) in [4.78, 5) is 6.18. The molecule has 3 heteroatoms. The zero-order valence-corrected chi connectivity index (χ0v) is 13.1. The predicted molar refractivity (Wildman–Crippen MR) is 86.0 cm³/mol. The van der Waals surface area contributed by atoms with Gasteiger partial charge in [-0.15, -0.1) is 11.3 Å². The van der Waals surface area contributed by atoms with Gasteiger partial charge in [-0.25, -0.2) is 4.98 Å². The molecule has 0 atom stereocenters. The third kappa shape index (κ3) is 2.52. The van der Waals surface area contributed by atoms with Crippen molar-refractivity contribution >= 4 is 11.3 Å². The van der Waals surface area contributed by atoms with Crippen LogP contribution in [0.1, 0.15) is 47.6 Å². The number of aromatic nitrogens is 1. The van der Waals surface area contributed by atoms with Gasteiger partial charge < -0.3 is 5.73 Å². The van der Waals surface area contributed by atoms with E-state index >= 15 is 0 Å². The molecule has 2 nitrogen and oxygen atoms in total. The molecule has 0 radical (unpaired) electrons. The molecule has 3 rings (SSSR count). The van der Waals surface area contributed by atoms with E-state index in [-0.39, 0.29) is 5.54 Å². The summed E-state index contributed by atoms with van der Waals surface area (Å²) in [6, 6.07) is 8.61. The number of thiazole rings is 1. The monoisotopic (exact) mass is 286 g/mol. The zero-order chi connectivity index (χ0) is 14.2. The van der Waals surface area contributed by atoms with E-state index in [1.807, 2.05) is 0 Å². The van der Waals surface area contributed by atoms with Crippen molar-refractivity contribution in [3.63, 3.8) is 0 Å². The highest BCUT2D eigenvalue weighted by Crippen LogP contribution is 2.39. The number of hydrogen-bond donors (Lipinski definition) is 1. The van der Waals surface area contributed by atoms with Crippen LogP contribution in [0.2, 0.25) is 0 Å². The summed E-state index contributed by atoms with van der Waals surface area (Å²) in [5.74, 6) is 0. The Balaban J connectivity index is 1.96. The first kappa shape index (κ1) is 13.8. The molecule has 1 saturated carbocycles. The third-order valence-corrected chi connectivity index (χ3v) is 5.48. The molecule has 0 amide bonds. The summed E-state index contributed by atoms with van der Waals surface area (Å²) < 4.78 is 0. The van der Waals surface area contributed by atoms with Crippen LogP contribution in [0.4, 0.5) is 0 Å². The van der Waals surface area contributed by atoms with Crippen LogP contribution < -0.4 is 5.73 Å². The molecule has 0 aliphatic heterocycles. The minimum atomic E-state index is -0.184. The molecule has 0 bridgehead atoms. The van der Waals surface area contributed by atoms with Gasteiger partial charge in [-0.1, -0.05) is 49.1 Å². The molecular formula is C17H22N2S. The lowest BCUT2D eigenvalue weighted by Crippen LogP contribution is -2.38. The minimum Gasteiger partial charge on any atom is -0.319 e. The standard InChI is InChI=1S/C17H22N2S/c1-12-6-8-14(9-7-12)15-13(2)20-16(19-15)17(18)10-4-3-5-11-17/h6-9H,3-5,10-11,18H2,1-2H3. The Labute approximate surface area is 125 Å². The Bertz CT molecular complexity index is 592. The maximum atomic E-state index is 6.61. The van der Waals surface area contributed by atoms with Crippen LogP contribution in [0.25, 0.3) is 11.3 Å². The molecule has 0 saturated heterocycles. The van der Waals surface area contributed by atoms with E-state index in [0.29, 0.717) is 0 Å². The molecule has 106 valence electrons. The summed E-state index contributed by atoms with van der Waals surface area (Å²) in [7, 11) is 0. The van der Waals surface area contributed by atoms with Gasteiger partial charge in [0.2, 0.25) is 0 Å². The lowest BCUT2D eigenvalue weighted by atomic mass is 9.83. The molecule has 2 aromatic rings. The normalized spacial score (nSPS) is 18.1. The largest absolute Gasteiger partial charge is 0.319 e. The van der Waals surface area contributed by atoms with Crippen molar-refractivity contribution in [2.24, 2.45) is 5.73 Å². The summed E-state index contributed by atoms with van der Waals surface area (Å²) >= 11 is 1.78. The van der Waals surface area contributed by atoms with Crippen molar-refractivity contribution in [3.8, 4) is 11.3 Å². The molecule has 1 fully saturated rings. The summed E-state index contributed by atoms with van der Waals surface area (Å²) in [6.45, 7) is 4.27. The molecule has 2 N–H and O–H groups in total. The molecule has 1 aromatic heterocycles. The van der Waals surface area contributed by atoms with Crippen LogP contribution >= 0.6 is 11.3 Å². The van der Waals surface area contributed by atoms with Crippen LogP contribution in [0.3, 0.4) is 0 Å². The molecular weight excluding hydrogens is 264 g/mol. The second-order valence-electron chi connectivity index (χ2n) is 6.01. The summed E-state index contributed by atoms with van der Waals surface area (Å²) in [6.07, 6.45) is 5.93. The number of hydrogen-bond acceptors (Lipinski definition) is 3. The highest BCUT2D eigenvalue weighted by molar-refractivity contribution is 7.12. The fourth-order valence-electron chi connectivity index (χ4n) is 2.99. The lowest BCUT2D eigenvalue weighted by Gasteiger charge is -2.31. The highest BCUT2D eigenvalue weighted by atomic mass is 32.1. The Morgan fingerprint density at radius 2 is 1.70 bits per heavy atom. The van der Waals surface area contributed by atoms with Crippen LogP contribution in [-0.4, -0.2) is 4.98 Å². The van der Waals surface area contributed by atoms with Crippen LogP contribution in [0.5, 0.6) is 0 Å². The maximum absolute atomic E-state index is 6.61.